The van der Waals surface area contributed by atoms with E-state index in [1.165, 1.54) is 14.2 Å². The smallest absolute Gasteiger partial charge is 0.336 e. The molecule has 0 atom stereocenters. The molecule has 0 aliphatic carbocycles. The molecule has 0 fully saturated rings. The van der Waals surface area contributed by atoms with Crippen LogP contribution in [0.5, 0.6) is 5.75 Å². The van der Waals surface area contributed by atoms with Gasteiger partial charge in [0, 0.05) is 16.6 Å². The van der Waals surface area contributed by atoms with Gasteiger partial charge >= 0.3 is 11.9 Å². The Kier molecular flexibility index (Phi) is 6.66. The Hall–Kier alpha value is -4.35. The van der Waals surface area contributed by atoms with Crippen molar-refractivity contribution in [3.8, 4) is 5.75 Å². The number of carbonyl (C=O) groups excluding carboxylic acids is 3. The Morgan fingerprint density at radius 1 is 1.15 bits per heavy atom. The molecule has 0 radical (unpaired) electrons. The lowest BCUT2D eigenvalue weighted by Crippen LogP contribution is -2.35. The van der Waals surface area contributed by atoms with E-state index >= 15 is 0 Å². The third-order valence-corrected chi connectivity index (χ3v) is 5.05. The van der Waals surface area contributed by atoms with E-state index in [2.05, 4.69) is 15.1 Å². The van der Waals surface area contributed by atoms with Gasteiger partial charge in [-0.2, -0.15) is 0 Å². The van der Waals surface area contributed by atoms with Crippen LogP contribution < -0.4 is 20.7 Å². The van der Waals surface area contributed by atoms with E-state index in [9.17, 15) is 19.6 Å². The number of nitrogens with zero attached hydrogens (tertiary/aromatic N) is 2. The van der Waals surface area contributed by atoms with Crippen molar-refractivity contribution < 1.29 is 38.1 Å². The molecule has 1 aromatic carbocycles. The molecule has 1 amide bonds. The monoisotopic (exact) mass is 458 g/mol. The van der Waals surface area contributed by atoms with Crippen LogP contribution in [0.3, 0.4) is 0 Å². The lowest BCUT2D eigenvalue weighted by Gasteiger charge is -2.30. The Bertz CT molecular complexity index is 1140. The molecule has 0 saturated carbocycles. The topological polar surface area (TPSA) is 170 Å². The number of aromatic nitrogens is 2. The summed E-state index contributed by atoms with van der Waals surface area (Å²) in [6.07, 6.45) is 0. The minimum Gasteiger partial charge on any atom is -0.485 e. The van der Waals surface area contributed by atoms with E-state index in [-0.39, 0.29) is 28.4 Å². The number of methoxy groups -OCH3 is 2. The van der Waals surface area contributed by atoms with Gasteiger partial charge in [-0.1, -0.05) is 12.1 Å². The summed E-state index contributed by atoms with van der Waals surface area (Å²) < 4.78 is 20.0. The van der Waals surface area contributed by atoms with Crippen molar-refractivity contribution in [3.63, 3.8) is 0 Å². The summed E-state index contributed by atoms with van der Waals surface area (Å²) >= 11 is 0. The van der Waals surface area contributed by atoms with Crippen LogP contribution in [0.25, 0.3) is 0 Å². The first-order valence-corrected chi connectivity index (χ1v) is 9.65. The molecule has 1 aromatic heterocycles. The van der Waals surface area contributed by atoms with Crippen LogP contribution in [-0.2, 0) is 25.7 Å². The van der Waals surface area contributed by atoms with E-state index in [0.717, 1.165) is 0 Å². The second kappa shape index (κ2) is 9.42. The van der Waals surface area contributed by atoms with Gasteiger partial charge in [0.05, 0.1) is 31.3 Å². The zero-order valence-electron chi connectivity index (χ0n) is 18.3. The summed E-state index contributed by atoms with van der Waals surface area (Å²) in [5.41, 5.74) is 6.69. The number of rotatable bonds is 7. The van der Waals surface area contributed by atoms with Crippen LogP contribution in [0.4, 0.5) is 0 Å². The fourth-order valence-electron chi connectivity index (χ4n) is 3.63. The highest BCUT2D eigenvalue weighted by atomic mass is 16.8. The number of hydrogen-bond donors (Lipinski definition) is 2. The summed E-state index contributed by atoms with van der Waals surface area (Å²) in [5.74, 6) is -2.73. The average molecular weight is 458 g/mol. The van der Waals surface area contributed by atoms with Gasteiger partial charge in [0.1, 0.15) is 5.75 Å². The maximum absolute atomic E-state index is 12.6. The number of benzene rings is 1. The SMILES string of the molecule is COC(=O)C1=C(C)NC(C)=C(C(=O)OC)C1c1cccc(OCc2no[n+]([O-])c2C(N)=O)c1. The van der Waals surface area contributed by atoms with Gasteiger partial charge < -0.3 is 30.5 Å². The molecule has 1 aliphatic heterocycles. The number of dihydropyridines is 1. The average Bonchev–Trinajstić information content (AvgIpc) is 3.17. The third-order valence-electron chi connectivity index (χ3n) is 5.05. The standard InChI is InChI=1S/C21H22N4O8/c1-10-15(20(27)30-3)17(16(11(2)23-10)21(28)31-4)12-6-5-7-13(8-12)32-9-14-18(19(22)26)25(29)33-24-14/h5-8,17,23H,9H2,1-4H3,(H2,22,26). The predicted octanol–water partition coefficient (Wildman–Crippen LogP) is 0.567. The van der Waals surface area contributed by atoms with Crippen LogP contribution in [-0.4, -0.2) is 37.2 Å². The highest BCUT2D eigenvalue weighted by molar-refractivity contribution is 5.99. The molecule has 12 nitrogen and oxygen atoms in total. The van der Waals surface area contributed by atoms with Crippen molar-refractivity contribution in [3.05, 3.63) is 69.0 Å². The number of hydrogen-bond acceptors (Lipinski definition) is 10. The molecule has 33 heavy (non-hydrogen) atoms. The van der Waals surface area contributed by atoms with Crippen molar-refractivity contribution in [2.24, 2.45) is 5.73 Å². The Morgan fingerprint density at radius 2 is 1.76 bits per heavy atom. The summed E-state index contributed by atoms with van der Waals surface area (Å²) in [5, 5.41) is 18.0. The van der Waals surface area contributed by atoms with Gasteiger partial charge in [0.15, 0.2) is 6.61 Å². The lowest BCUT2D eigenvalue weighted by molar-refractivity contribution is -0.803. The van der Waals surface area contributed by atoms with Crippen molar-refractivity contribution in [2.75, 3.05) is 14.2 Å². The van der Waals surface area contributed by atoms with Crippen LogP contribution >= 0.6 is 0 Å². The molecule has 12 heteroatoms. The fourth-order valence-corrected chi connectivity index (χ4v) is 3.63. The predicted molar refractivity (Wildman–Crippen MR) is 110 cm³/mol. The summed E-state index contributed by atoms with van der Waals surface area (Å²) in [6, 6.07) is 6.60. The second-order valence-corrected chi connectivity index (χ2v) is 7.07. The van der Waals surface area contributed by atoms with E-state index in [0.29, 0.717) is 22.7 Å². The molecule has 1 aliphatic rings. The highest BCUT2D eigenvalue weighted by Gasteiger charge is 2.37. The number of ether oxygens (including phenoxy) is 3. The lowest BCUT2D eigenvalue weighted by atomic mass is 9.80. The van der Waals surface area contributed by atoms with E-state index < -0.39 is 29.5 Å². The summed E-state index contributed by atoms with van der Waals surface area (Å²) in [6.45, 7) is 3.11. The first-order chi connectivity index (χ1) is 15.7. The number of esters is 2. The molecule has 0 saturated heterocycles. The number of carbonyl (C=O) groups is 3. The first kappa shape index (κ1) is 23.3. The molecule has 0 unspecified atom stereocenters. The van der Waals surface area contributed by atoms with E-state index in [1.807, 2.05) is 0 Å². The molecule has 0 bridgehead atoms. The third kappa shape index (κ3) is 4.49. The molecular weight excluding hydrogens is 436 g/mol. The maximum Gasteiger partial charge on any atom is 0.336 e. The second-order valence-electron chi connectivity index (χ2n) is 7.07. The highest BCUT2D eigenvalue weighted by Crippen LogP contribution is 2.40. The number of primary amides is 1. The van der Waals surface area contributed by atoms with Crippen LogP contribution in [0.2, 0.25) is 0 Å². The van der Waals surface area contributed by atoms with Crippen molar-refractivity contribution in [1.29, 1.82) is 0 Å². The van der Waals surface area contributed by atoms with Gasteiger partial charge in [-0.3, -0.25) is 9.42 Å². The largest absolute Gasteiger partial charge is 0.485 e. The maximum atomic E-state index is 12.6. The minimum absolute atomic E-state index is 0.0817. The van der Waals surface area contributed by atoms with Gasteiger partial charge in [0.25, 0.3) is 17.3 Å². The molecule has 3 rings (SSSR count). The zero-order chi connectivity index (χ0) is 24.3. The van der Waals surface area contributed by atoms with E-state index in [4.69, 9.17) is 19.9 Å². The van der Waals surface area contributed by atoms with Crippen molar-refractivity contribution in [1.82, 2.24) is 10.5 Å². The molecule has 0 spiro atoms. The Labute approximate surface area is 188 Å². The fraction of sp³-hybridized carbons (Fsp3) is 0.286. The van der Waals surface area contributed by atoms with Gasteiger partial charge in [-0.15, -0.1) is 0 Å². The molecule has 3 N–H and O–H groups in total. The van der Waals surface area contributed by atoms with Crippen LogP contribution in [0.15, 0.2) is 51.4 Å². The van der Waals surface area contributed by atoms with Gasteiger partial charge in [-0.25, -0.2) is 9.59 Å². The van der Waals surface area contributed by atoms with Crippen LogP contribution in [0, 0.1) is 5.21 Å². The minimum atomic E-state index is -1.01. The van der Waals surface area contributed by atoms with Crippen LogP contribution in [0.1, 0.15) is 41.5 Å². The van der Waals surface area contributed by atoms with E-state index in [1.54, 1.807) is 38.1 Å². The Morgan fingerprint density at radius 3 is 2.30 bits per heavy atom. The first-order valence-electron chi connectivity index (χ1n) is 9.65. The molecule has 174 valence electrons. The zero-order valence-corrected chi connectivity index (χ0v) is 18.3. The number of nitrogens with one attached hydrogen (secondary N) is 1. The van der Waals surface area contributed by atoms with Gasteiger partial charge in [0.2, 0.25) is 0 Å². The van der Waals surface area contributed by atoms with Crippen molar-refractivity contribution in [2.45, 2.75) is 26.4 Å². The number of nitrogens with two attached hydrogens (primary N) is 1. The summed E-state index contributed by atoms with van der Waals surface area (Å²) in [4.78, 5) is 36.5. The molecule has 2 heterocycles. The van der Waals surface area contributed by atoms with Gasteiger partial charge in [-0.05, 0) is 36.4 Å². The quantitative estimate of drug-likeness (QED) is 0.441. The van der Waals surface area contributed by atoms with Crippen molar-refractivity contribution >= 4 is 17.8 Å². The molecular formula is C21H22N4O8. The number of allylic oxidation sites excluding steroid dienone is 2. The normalized spacial score (nSPS) is 14.1. The number of amides is 1. The Balaban J connectivity index is 2.00. The summed E-state index contributed by atoms with van der Waals surface area (Å²) in [7, 11) is 2.50. The molecule has 2 aromatic rings.